The Balaban J connectivity index is 1.93. The molecule has 0 radical (unpaired) electrons. The van der Waals surface area contributed by atoms with Crippen LogP contribution < -0.4 is 10.6 Å². The minimum Gasteiger partial charge on any atom is -0.357 e. The second kappa shape index (κ2) is 8.47. The van der Waals surface area contributed by atoms with Gasteiger partial charge in [-0.25, -0.2) is 9.98 Å². The van der Waals surface area contributed by atoms with E-state index in [-0.39, 0.29) is 5.41 Å². The van der Waals surface area contributed by atoms with Crippen molar-refractivity contribution in [1.82, 2.24) is 25.4 Å². The van der Waals surface area contributed by atoms with Crippen molar-refractivity contribution in [2.75, 3.05) is 13.1 Å². The van der Waals surface area contributed by atoms with Gasteiger partial charge in [0, 0.05) is 20.1 Å². The first-order valence-electron chi connectivity index (χ1n) is 8.39. The first-order chi connectivity index (χ1) is 11.5. The molecule has 0 bridgehead atoms. The summed E-state index contributed by atoms with van der Waals surface area (Å²) in [4.78, 5) is 8.80. The number of hydrogen-bond acceptors (Lipinski definition) is 3. The zero-order valence-electron chi connectivity index (χ0n) is 15.1. The molecule has 0 fully saturated rings. The Kier molecular flexibility index (Phi) is 6.35. The number of aliphatic imine (C=N–C) groups is 1. The molecule has 2 rings (SSSR count). The van der Waals surface area contributed by atoms with Crippen LogP contribution in [0, 0.1) is 5.41 Å². The van der Waals surface area contributed by atoms with Crippen molar-refractivity contribution in [1.29, 1.82) is 0 Å². The summed E-state index contributed by atoms with van der Waals surface area (Å²) in [5.74, 6) is 1.65. The predicted molar refractivity (Wildman–Crippen MR) is 97.7 cm³/mol. The maximum atomic E-state index is 4.60. The molecular weight excluding hydrogens is 300 g/mol. The first-order valence-corrected chi connectivity index (χ1v) is 8.39. The number of rotatable bonds is 7. The smallest absolute Gasteiger partial charge is 0.191 e. The highest BCUT2D eigenvalue weighted by atomic mass is 15.3. The third-order valence-corrected chi connectivity index (χ3v) is 3.79. The molecule has 0 unspecified atom stereocenters. The van der Waals surface area contributed by atoms with E-state index in [0.717, 1.165) is 31.3 Å². The Morgan fingerprint density at radius 2 is 1.96 bits per heavy atom. The van der Waals surface area contributed by atoms with Gasteiger partial charge in [0.05, 0.1) is 0 Å². The van der Waals surface area contributed by atoms with E-state index in [4.69, 9.17) is 0 Å². The van der Waals surface area contributed by atoms with E-state index in [1.165, 1.54) is 5.56 Å². The average molecular weight is 328 g/mol. The lowest BCUT2D eigenvalue weighted by Gasteiger charge is -2.26. The Morgan fingerprint density at radius 1 is 1.21 bits per heavy atom. The molecule has 6 heteroatoms. The van der Waals surface area contributed by atoms with Gasteiger partial charge in [0.25, 0.3) is 0 Å². The minimum absolute atomic E-state index is 0.127. The predicted octanol–water partition coefficient (Wildman–Crippen LogP) is 2.14. The Bertz CT molecular complexity index is 645. The van der Waals surface area contributed by atoms with Crippen LogP contribution in [0.3, 0.4) is 0 Å². The zero-order valence-corrected chi connectivity index (χ0v) is 15.1. The summed E-state index contributed by atoms with van der Waals surface area (Å²) in [5, 5.41) is 10.8. The number of guanidine groups is 1. The summed E-state index contributed by atoms with van der Waals surface area (Å²) in [5.41, 5.74) is 1.48. The lowest BCUT2D eigenvalue weighted by molar-refractivity contribution is 0.359. The van der Waals surface area contributed by atoms with Crippen molar-refractivity contribution in [2.45, 2.75) is 33.7 Å². The first kappa shape index (κ1) is 18.0. The van der Waals surface area contributed by atoms with Gasteiger partial charge in [-0.1, -0.05) is 44.2 Å². The Hall–Kier alpha value is -2.37. The van der Waals surface area contributed by atoms with Crippen molar-refractivity contribution >= 4 is 5.96 Å². The topological polar surface area (TPSA) is 67.1 Å². The Labute approximate surface area is 144 Å². The molecule has 0 amide bonds. The monoisotopic (exact) mass is 328 g/mol. The van der Waals surface area contributed by atoms with Gasteiger partial charge in [-0.15, -0.1) is 0 Å². The van der Waals surface area contributed by atoms with Gasteiger partial charge in [-0.2, -0.15) is 5.10 Å². The summed E-state index contributed by atoms with van der Waals surface area (Å²) >= 11 is 0. The van der Waals surface area contributed by atoms with Crippen LogP contribution in [0.2, 0.25) is 0 Å². The van der Waals surface area contributed by atoms with Crippen LogP contribution >= 0.6 is 0 Å². The molecule has 130 valence electrons. The third-order valence-electron chi connectivity index (χ3n) is 3.79. The van der Waals surface area contributed by atoms with Crippen molar-refractivity contribution in [3.05, 3.63) is 48.0 Å². The van der Waals surface area contributed by atoms with Crippen molar-refractivity contribution < 1.29 is 0 Å². The standard InChI is InChI=1S/C18H28N6/c1-5-19-17(20-12-16-22-14-23-24(16)4)21-13-18(2,3)11-15-9-7-6-8-10-15/h6-10,14H,5,11-13H2,1-4H3,(H2,19,20,21). The summed E-state index contributed by atoms with van der Waals surface area (Å²) in [7, 11) is 1.88. The fourth-order valence-corrected chi connectivity index (χ4v) is 2.49. The van der Waals surface area contributed by atoms with Gasteiger partial charge in [0.15, 0.2) is 5.96 Å². The van der Waals surface area contributed by atoms with E-state index in [1.54, 1.807) is 11.0 Å². The van der Waals surface area contributed by atoms with Crippen LogP contribution in [0.4, 0.5) is 0 Å². The normalized spacial score (nSPS) is 12.2. The average Bonchev–Trinajstić information content (AvgIpc) is 2.96. The minimum atomic E-state index is 0.127. The van der Waals surface area contributed by atoms with Crippen LogP contribution in [-0.2, 0) is 20.0 Å². The molecule has 1 aromatic heterocycles. The SMILES string of the molecule is CCNC(=NCc1ncnn1C)NCC(C)(C)Cc1ccccc1. The van der Waals surface area contributed by atoms with Gasteiger partial charge < -0.3 is 10.6 Å². The molecule has 2 aromatic rings. The fourth-order valence-electron chi connectivity index (χ4n) is 2.49. The van der Waals surface area contributed by atoms with E-state index >= 15 is 0 Å². The molecule has 6 nitrogen and oxygen atoms in total. The summed E-state index contributed by atoms with van der Waals surface area (Å²) < 4.78 is 1.74. The highest BCUT2D eigenvalue weighted by Crippen LogP contribution is 2.20. The van der Waals surface area contributed by atoms with Crippen molar-refractivity contribution in [3.8, 4) is 0 Å². The van der Waals surface area contributed by atoms with Crippen LogP contribution in [-0.4, -0.2) is 33.8 Å². The lowest BCUT2D eigenvalue weighted by atomic mass is 9.86. The van der Waals surface area contributed by atoms with E-state index in [2.05, 4.69) is 76.8 Å². The number of aromatic nitrogens is 3. The highest BCUT2D eigenvalue weighted by Gasteiger charge is 2.19. The van der Waals surface area contributed by atoms with Gasteiger partial charge in [-0.3, -0.25) is 4.68 Å². The number of nitrogens with zero attached hydrogens (tertiary/aromatic N) is 4. The maximum absolute atomic E-state index is 4.60. The van der Waals surface area contributed by atoms with Crippen LogP contribution in [0.25, 0.3) is 0 Å². The molecule has 0 saturated heterocycles. The molecule has 0 spiro atoms. The molecule has 0 aliphatic heterocycles. The van der Waals surface area contributed by atoms with Gasteiger partial charge >= 0.3 is 0 Å². The lowest BCUT2D eigenvalue weighted by Crippen LogP contribution is -2.42. The molecule has 0 saturated carbocycles. The van der Waals surface area contributed by atoms with Crippen LogP contribution in [0.5, 0.6) is 0 Å². The molecule has 2 N–H and O–H groups in total. The van der Waals surface area contributed by atoms with E-state index in [0.29, 0.717) is 6.54 Å². The molecule has 1 heterocycles. The van der Waals surface area contributed by atoms with Crippen LogP contribution in [0.1, 0.15) is 32.2 Å². The Morgan fingerprint density at radius 3 is 2.58 bits per heavy atom. The summed E-state index contributed by atoms with van der Waals surface area (Å²) in [6.45, 7) is 8.76. The second-order valence-electron chi connectivity index (χ2n) is 6.68. The van der Waals surface area contributed by atoms with Crippen molar-refractivity contribution in [3.63, 3.8) is 0 Å². The summed E-state index contributed by atoms with van der Waals surface area (Å²) in [6, 6.07) is 10.6. The van der Waals surface area contributed by atoms with Gasteiger partial charge in [0.1, 0.15) is 18.7 Å². The maximum Gasteiger partial charge on any atom is 0.191 e. The molecule has 0 atom stereocenters. The number of hydrogen-bond donors (Lipinski definition) is 2. The van der Waals surface area contributed by atoms with E-state index < -0.39 is 0 Å². The fraction of sp³-hybridized carbons (Fsp3) is 0.500. The molecular formula is C18H28N6. The van der Waals surface area contributed by atoms with Crippen molar-refractivity contribution in [2.24, 2.45) is 17.5 Å². The second-order valence-corrected chi connectivity index (χ2v) is 6.68. The molecule has 0 aliphatic carbocycles. The molecule has 24 heavy (non-hydrogen) atoms. The van der Waals surface area contributed by atoms with E-state index in [1.807, 2.05) is 7.05 Å². The van der Waals surface area contributed by atoms with Crippen LogP contribution in [0.15, 0.2) is 41.7 Å². The number of aryl methyl sites for hydroxylation is 1. The molecule has 0 aliphatic rings. The number of nitrogens with one attached hydrogen (secondary N) is 2. The third kappa shape index (κ3) is 5.68. The van der Waals surface area contributed by atoms with Gasteiger partial charge in [-0.05, 0) is 24.3 Å². The van der Waals surface area contributed by atoms with Gasteiger partial charge in [0.2, 0.25) is 0 Å². The zero-order chi connectivity index (χ0) is 17.4. The summed E-state index contributed by atoms with van der Waals surface area (Å²) in [6.07, 6.45) is 2.57. The molecule has 1 aromatic carbocycles. The number of benzene rings is 1. The highest BCUT2D eigenvalue weighted by molar-refractivity contribution is 5.79. The largest absolute Gasteiger partial charge is 0.357 e. The van der Waals surface area contributed by atoms with E-state index in [9.17, 15) is 0 Å². The quantitative estimate of drug-likeness (QED) is 0.604.